The average Bonchev–Trinajstić information content (AvgIpc) is 2.68. The summed E-state index contributed by atoms with van der Waals surface area (Å²) in [5.74, 6) is -0.946. The molecule has 0 aromatic heterocycles. The number of carbonyl (C=O) groups excluding carboxylic acids is 1. The van der Waals surface area contributed by atoms with E-state index < -0.39 is 11.5 Å². The lowest BCUT2D eigenvalue weighted by Crippen LogP contribution is -2.57. The number of aliphatic hydroxyl groups excluding tert-OH is 1. The number of hydrogen-bond donors (Lipinski definition) is 2. The predicted octanol–water partition coefficient (Wildman–Crippen LogP) is 1.28. The second-order valence-electron chi connectivity index (χ2n) is 6.00. The Balaban J connectivity index is 2.18. The molecule has 2 fully saturated rings. The Morgan fingerprint density at radius 3 is 2.60 bits per heavy atom. The van der Waals surface area contributed by atoms with Gasteiger partial charge in [0, 0.05) is 13.1 Å². The third-order valence-electron chi connectivity index (χ3n) is 4.67. The number of rotatable bonds is 2. The van der Waals surface area contributed by atoms with Crippen molar-refractivity contribution in [1.82, 2.24) is 9.80 Å². The molecular weight excluding hydrogens is 260 g/mol. The highest BCUT2D eigenvalue weighted by atomic mass is 16.4. The quantitative estimate of drug-likeness (QED) is 0.800. The molecule has 0 aromatic rings. The van der Waals surface area contributed by atoms with Crippen molar-refractivity contribution in [2.75, 3.05) is 19.7 Å². The summed E-state index contributed by atoms with van der Waals surface area (Å²) >= 11 is 0. The summed E-state index contributed by atoms with van der Waals surface area (Å²) < 4.78 is 0. The lowest BCUT2D eigenvalue weighted by Gasteiger charge is -2.38. The van der Waals surface area contributed by atoms with Crippen LogP contribution in [0.2, 0.25) is 0 Å². The van der Waals surface area contributed by atoms with Crippen LogP contribution in [0.5, 0.6) is 0 Å². The molecule has 6 heteroatoms. The van der Waals surface area contributed by atoms with Gasteiger partial charge < -0.3 is 20.0 Å². The van der Waals surface area contributed by atoms with Crippen LogP contribution in [0, 0.1) is 0 Å². The van der Waals surface area contributed by atoms with Gasteiger partial charge in [0.05, 0.1) is 12.6 Å². The Kier molecular flexibility index (Phi) is 4.52. The standard InChI is InChI=1S/C14H24N2O4/c1-14(12(18)19)7-5-9-16(14)13(20)15-8-4-2-3-6-11(15)10-17/h11,17H,2-10H2,1H3,(H,18,19). The van der Waals surface area contributed by atoms with Gasteiger partial charge in [-0.25, -0.2) is 9.59 Å². The first-order valence-electron chi connectivity index (χ1n) is 7.43. The molecule has 0 bridgehead atoms. The molecule has 2 aliphatic heterocycles. The maximum atomic E-state index is 12.7. The number of aliphatic carboxylic acids is 1. The first-order chi connectivity index (χ1) is 9.50. The van der Waals surface area contributed by atoms with Gasteiger partial charge in [-0.2, -0.15) is 0 Å². The minimum atomic E-state index is -1.11. The van der Waals surface area contributed by atoms with Gasteiger partial charge in [-0.15, -0.1) is 0 Å². The fourth-order valence-electron chi connectivity index (χ4n) is 3.27. The highest BCUT2D eigenvalue weighted by Crippen LogP contribution is 2.31. The van der Waals surface area contributed by atoms with Crippen molar-refractivity contribution in [3.05, 3.63) is 0 Å². The van der Waals surface area contributed by atoms with Crippen LogP contribution in [0.25, 0.3) is 0 Å². The van der Waals surface area contributed by atoms with Crippen molar-refractivity contribution in [3.8, 4) is 0 Å². The van der Waals surface area contributed by atoms with E-state index in [1.807, 2.05) is 0 Å². The highest BCUT2D eigenvalue weighted by Gasteiger charge is 2.47. The summed E-state index contributed by atoms with van der Waals surface area (Å²) in [6, 6.07) is -0.406. The summed E-state index contributed by atoms with van der Waals surface area (Å²) in [5.41, 5.74) is -1.11. The molecule has 2 amide bonds. The second kappa shape index (κ2) is 5.99. The first kappa shape index (κ1) is 15.1. The van der Waals surface area contributed by atoms with Gasteiger partial charge in [0.25, 0.3) is 0 Å². The van der Waals surface area contributed by atoms with E-state index in [1.165, 1.54) is 4.90 Å². The molecule has 2 heterocycles. The average molecular weight is 284 g/mol. The van der Waals surface area contributed by atoms with Gasteiger partial charge in [-0.05, 0) is 32.6 Å². The molecule has 6 nitrogen and oxygen atoms in total. The molecule has 0 radical (unpaired) electrons. The van der Waals surface area contributed by atoms with Gasteiger partial charge in [0.1, 0.15) is 5.54 Å². The van der Waals surface area contributed by atoms with E-state index in [0.29, 0.717) is 25.9 Å². The van der Waals surface area contributed by atoms with Crippen molar-refractivity contribution < 1.29 is 19.8 Å². The SMILES string of the molecule is CC1(C(=O)O)CCCN1C(=O)N1CCCCCC1CO. The molecule has 2 saturated heterocycles. The zero-order valence-corrected chi connectivity index (χ0v) is 12.0. The number of nitrogens with zero attached hydrogens (tertiary/aromatic N) is 2. The fraction of sp³-hybridized carbons (Fsp3) is 0.857. The normalized spacial score (nSPS) is 31.2. The number of hydrogen-bond acceptors (Lipinski definition) is 3. The van der Waals surface area contributed by atoms with Crippen LogP contribution in [0.1, 0.15) is 45.4 Å². The largest absolute Gasteiger partial charge is 0.480 e. The molecular formula is C14H24N2O4. The Morgan fingerprint density at radius 1 is 1.20 bits per heavy atom. The third kappa shape index (κ3) is 2.61. The summed E-state index contributed by atoms with van der Waals surface area (Å²) in [4.78, 5) is 27.4. The Labute approximate surface area is 119 Å². The van der Waals surface area contributed by atoms with E-state index in [1.54, 1.807) is 11.8 Å². The number of likely N-dealkylation sites (tertiary alicyclic amines) is 2. The van der Waals surface area contributed by atoms with Crippen LogP contribution >= 0.6 is 0 Å². The molecule has 0 aliphatic carbocycles. The lowest BCUT2D eigenvalue weighted by atomic mass is 9.99. The van der Waals surface area contributed by atoms with Crippen LogP contribution in [-0.2, 0) is 4.79 Å². The molecule has 114 valence electrons. The molecule has 2 N–H and O–H groups in total. The van der Waals surface area contributed by atoms with Crippen molar-refractivity contribution >= 4 is 12.0 Å². The maximum Gasteiger partial charge on any atom is 0.329 e. The summed E-state index contributed by atoms with van der Waals surface area (Å²) in [6.07, 6.45) is 4.97. The molecule has 0 aromatic carbocycles. The van der Waals surface area contributed by atoms with E-state index in [2.05, 4.69) is 0 Å². The second-order valence-corrected chi connectivity index (χ2v) is 6.00. The highest BCUT2D eigenvalue weighted by molar-refractivity contribution is 5.86. The van der Waals surface area contributed by atoms with Crippen molar-refractivity contribution in [2.24, 2.45) is 0 Å². The Morgan fingerprint density at radius 2 is 1.95 bits per heavy atom. The van der Waals surface area contributed by atoms with Gasteiger partial charge in [-0.1, -0.05) is 12.8 Å². The summed E-state index contributed by atoms with van der Waals surface area (Å²) in [7, 11) is 0. The smallest absolute Gasteiger partial charge is 0.329 e. The topological polar surface area (TPSA) is 81.1 Å². The molecule has 2 unspecified atom stereocenters. The third-order valence-corrected chi connectivity index (χ3v) is 4.67. The summed E-state index contributed by atoms with van der Waals surface area (Å²) in [5, 5.41) is 18.9. The molecule has 0 saturated carbocycles. The van der Waals surface area contributed by atoms with Crippen molar-refractivity contribution in [2.45, 2.75) is 57.0 Å². The molecule has 20 heavy (non-hydrogen) atoms. The predicted molar refractivity (Wildman–Crippen MR) is 73.4 cm³/mol. The number of amides is 2. The van der Waals surface area contributed by atoms with E-state index in [4.69, 9.17) is 0 Å². The van der Waals surface area contributed by atoms with E-state index in [9.17, 15) is 19.8 Å². The number of carboxylic acids is 1. The zero-order valence-electron chi connectivity index (χ0n) is 12.0. The van der Waals surface area contributed by atoms with Crippen molar-refractivity contribution in [3.63, 3.8) is 0 Å². The van der Waals surface area contributed by atoms with Crippen LogP contribution in [0.15, 0.2) is 0 Å². The maximum absolute atomic E-state index is 12.7. The Hall–Kier alpha value is -1.30. The summed E-state index contributed by atoms with van der Waals surface area (Å²) in [6.45, 7) is 2.65. The van der Waals surface area contributed by atoms with Crippen LogP contribution in [-0.4, -0.2) is 63.3 Å². The molecule has 2 atom stereocenters. The van der Waals surface area contributed by atoms with Gasteiger partial charge in [-0.3, -0.25) is 0 Å². The van der Waals surface area contributed by atoms with Crippen molar-refractivity contribution in [1.29, 1.82) is 0 Å². The number of aliphatic hydroxyl groups is 1. The number of carboxylic acid groups (broad SMARTS) is 1. The minimum Gasteiger partial charge on any atom is -0.480 e. The van der Waals surface area contributed by atoms with Gasteiger partial charge in [0.2, 0.25) is 0 Å². The molecule has 2 rings (SSSR count). The number of carbonyl (C=O) groups is 2. The van der Waals surface area contributed by atoms with E-state index >= 15 is 0 Å². The van der Waals surface area contributed by atoms with Gasteiger partial charge in [0.15, 0.2) is 0 Å². The minimum absolute atomic E-state index is 0.0522. The lowest BCUT2D eigenvalue weighted by molar-refractivity contribution is -0.147. The number of urea groups is 1. The molecule has 0 spiro atoms. The van der Waals surface area contributed by atoms with Crippen LogP contribution < -0.4 is 0 Å². The monoisotopic (exact) mass is 284 g/mol. The van der Waals surface area contributed by atoms with E-state index in [0.717, 1.165) is 25.7 Å². The first-order valence-corrected chi connectivity index (χ1v) is 7.43. The van der Waals surface area contributed by atoms with Crippen LogP contribution in [0.4, 0.5) is 4.79 Å². The molecule has 2 aliphatic rings. The zero-order chi connectivity index (χ0) is 14.8. The van der Waals surface area contributed by atoms with E-state index in [-0.39, 0.29) is 18.7 Å². The van der Waals surface area contributed by atoms with Crippen LogP contribution in [0.3, 0.4) is 0 Å². The Bertz CT molecular complexity index is 387. The fourth-order valence-corrected chi connectivity index (χ4v) is 3.27. The van der Waals surface area contributed by atoms with Gasteiger partial charge >= 0.3 is 12.0 Å².